The highest BCUT2D eigenvalue weighted by Crippen LogP contribution is 2.23. The monoisotopic (exact) mass is 444 g/mol. The number of nitrogens with one attached hydrogen (secondary N) is 1. The summed E-state index contributed by atoms with van der Waals surface area (Å²) in [6, 6.07) is 10.0. The molecule has 1 aromatic carbocycles. The Balaban J connectivity index is 1.53. The summed E-state index contributed by atoms with van der Waals surface area (Å²) in [5, 5.41) is 4.41. The highest BCUT2D eigenvalue weighted by atomic mass is 32.1. The maximum absolute atomic E-state index is 12.3. The van der Waals surface area contributed by atoms with E-state index in [2.05, 4.69) is 5.32 Å². The van der Waals surface area contributed by atoms with E-state index in [-0.39, 0.29) is 17.7 Å². The number of ether oxygens (including phenoxy) is 3. The van der Waals surface area contributed by atoms with Crippen molar-refractivity contribution >= 4 is 34.1 Å². The maximum Gasteiger partial charge on any atom is 0.342 e. The van der Waals surface area contributed by atoms with Gasteiger partial charge in [-0.2, -0.15) is 0 Å². The van der Waals surface area contributed by atoms with Gasteiger partial charge in [0.2, 0.25) is 0 Å². The zero-order valence-electron chi connectivity index (χ0n) is 16.8. The number of furan rings is 1. The molecular formula is C21H20N2O7S. The topological polar surface area (TPSA) is 130 Å². The zero-order valence-corrected chi connectivity index (χ0v) is 17.6. The maximum atomic E-state index is 12.3. The minimum absolute atomic E-state index is 0.106. The van der Waals surface area contributed by atoms with Gasteiger partial charge in [0.05, 0.1) is 12.7 Å². The Bertz CT molecular complexity index is 1090. The van der Waals surface area contributed by atoms with Crippen LogP contribution < -0.4 is 20.5 Å². The van der Waals surface area contributed by atoms with Crippen LogP contribution in [0.4, 0.5) is 5.00 Å². The molecule has 2 heterocycles. The molecule has 9 nitrogen and oxygen atoms in total. The second-order valence-electron chi connectivity index (χ2n) is 6.30. The number of nitrogens with two attached hydrogens (primary N) is 1. The number of hydrogen-bond acceptors (Lipinski definition) is 8. The highest BCUT2D eigenvalue weighted by Gasteiger charge is 2.19. The number of aryl methyl sites for hydroxylation is 1. The lowest BCUT2D eigenvalue weighted by Gasteiger charge is -2.05. The van der Waals surface area contributed by atoms with E-state index >= 15 is 0 Å². The molecule has 3 rings (SSSR count). The molecule has 3 N–H and O–H groups in total. The Morgan fingerprint density at radius 3 is 2.48 bits per heavy atom. The normalized spacial score (nSPS) is 10.4. The fourth-order valence-corrected chi connectivity index (χ4v) is 3.42. The molecular weight excluding hydrogens is 424 g/mol. The zero-order chi connectivity index (χ0) is 22.4. The SMILES string of the molecule is COc1ccc(OCc2cc(C(=O)OCC(=O)Nc3sccc3C(N)=O)c(C)o2)cc1. The second kappa shape index (κ2) is 9.81. The van der Waals surface area contributed by atoms with Gasteiger partial charge < -0.3 is 29.7 Å². The number of carbonyl (C=O) groups is 3. The summed E-state index contributed by atoms with van der Waals surface area (Å²) in [5.41, 5.74) is 5.61. The molecule has 2 aromatic heterocycles. The van der Waals surface area contributed by atoms with Crippen molar-refractivity contribution in [3.05, 3.63) is 64.4 Å². The number of methoxy groups -OCH3 is 1. The largest absolute Gasteiger partial charge is 0.497 e. The van der Waals surface area contributed by atoms with E-state index in [1.165, 1.54) is 12.1 Å². The van der Waals surface area contributed by atoms with E-state index in [0.717, 1.165) is 11.3 Å². The lowest BCUT2D eigenvalue weighted by Crippen LogP contribution is -2.22. The number of anilines is 1. The number of thiophene rings is 1. The minimum atomic E-state index is -0.714. The van der Waals surface area contributed by atoms with Gasteiger partial charge >= 0.3 is 5.97 Å². The Kier molecular flexibility index (Phi) is 6.93. The Morgan fingerprint density at radius 1 is 1.10 bits per heavy atom. The van der Waals surface area contributed by atoms with Crippen molar-refractivity contribution in [1.82, 2.24) is 0 Å². The Morgan fingerprint density at radius 2 is 1.81 bits per heavy atom. The lowest BCUT2D eigenvalue weighted by molar-refractivity contribution is -0.119. The average molecular weight is 444 g/mol. The standard InChI is InChI=1S/C21H20N2O7S/c1-12-17(9-15(30-12)10-28-14-5-3-13(27-2)4-6-14)21(26)29-11-18(24)23-20-16(19(22)25)7-8-31-20/h3-9H,10-11H2,1-2H3,(H2,22,25)(H,23,24). The van der Waals surface area contributed by atoms with Gasteiger partial charge in [0.1, 0.15) is 40.2 Å². The first-order valence-corrected chi connectivity index (χ1v) is 9.95. The molecule has 3 aromatic rings. The predicted octanol–water partition coefficient (Wildman–Crippen LogP) is 3.13. The van der Waals surface area contributed by atoms with E-state index in [1.807, 2.05) is 0 Å². The summed E-state index contributed by atoms with van der Waals surface area (Å²) in [4.78, 5) is 35.6. The van der Waals surface area contributed by atoms with Crippen LogP contribution in [0, 0.1) is 6.92 Å². The van der Waals surface area contributed by atoms with Gasteiger partial charge in [-0.1, -0.05) is 0 Å². The van der Waals surface area contributed by atoms with Crippen LogP contribution in [0.1, 0.15) is 32.2 Å². The number of benzene rings is 1. The summed E-state index contributed by atoms with van der Waals surface area (Å²) < 4.78 is 21.3. The van der Waals surface area contributed by atoms with Gasteiger partial charge in [0.15, 0.2) is 6.61 Å². The van der Waals surface area contributed by atoms with Crippen LogP contribution in [-0.2, 0) is 16.1 Å². The van der Waals surface area contributed by atoms with Gasteiger partial charge in [-0.3, -0.25) is 9.59 Å². The van der Waals surface area contributed by atoms with Crippen LogP contribution in [0.3, 0.4) is 0 Å². The predicted molar refractivity (Wildman–Crippen MR) is 113 cm³/mol. The van der Waals surface area contributed by atoms with Crippen molar-refractivity contribution in [1.29, 1.82) is 0 Å². The van der Waals surface area contributed by atoms with Crippen LogP contribution in [0.2, 0.25) is 0 Å². The number of amides is 2. The van der Waals surface area contributed by atoms with Crippen LogP contribution in [-0.4, -0.2) is 31.5 Å². The van der Waals surface area contributed by atoms with Crippen molar-refractivity contribution in [2.75, 3.05) is 19.0 Å². The molecule has 0 fully saturated rings. The van der Waals surface area contributed by atoms with E-state index in [9.17, 15) is 14.4 Å². The number of hydrogen-bond donors (Lipinski definition) is 2. The quantitative estimate of drug-likeness (QED) is 0.485. The molecule has 31 heavy (non-hydrogen) atoms. The molecule has 2 amide bonds. The van der Waals surface area contributed by atoms with E-state index in [0.29, 0.717) is 28.0 Å². The molecule has 162 valence electrons. The molecule has 0 atom stereocenters. The third kappa shape index (κ3) is 5.64. The smallest absolute Gasteiger partial charge is 0.342 e. The van der Waals surface area contributed by atoms with Crippen LogP contribution in [0.25, 0.3) is 0 Å². The Labute approximate surface area is 181 Å². The molecule has 0 saturated heterocycles. The van der Waals surface area contributed by atoms with Gasteiger partial charge in [-0.25, -0.2) is 4.79 Å². The molecule has 0 aliphatic rings. The molecule has 0 saturated carbocycles. The van der Waals surface area contributed by atoms with Gasteiger partial charge in [-0.15, -0.1) is 11.3 Å². The fourth-order valence-electron chi connectivity index (χ4n) is 2.62. The van der Waals surface area contributed by atoms with Crippen molar-refractivity contribution in [2.45, 2.75) is 13.5 Å². The summed E-state index contributed by atoms with van der Waals surface area (Å²) in [5.74, 6) is 0.116. The van der Waals surface area contributed by atoms with E-state index in [1.54, 1.807) is 43.7 Å². The van der Waals surface area contributed by atoms with Gasteiger partial charge in [0.25, 0.3) is 11.8 Å². The van der Waals surface area contributed by atoms with E-state index in [4.69, 9.17) is 24.4 Å². The first kappa shape index (κ1) is 21.9. The average Bonchev–Trinajstić information content (AvgIpc) is 3.37. The van der Waals surface area contributed by atoms with Crippen LogP contribution in [0.5, 0.6) is 11.5 Å². The Hall–Kier alpha value is -3.79. The number of primary amides is 1. The van der Waals surface area contributed by atoms with Crippen LogP contribution >= 0.6 is 11.3 Å². The molecule has 0 aliphatic heterocycles. The second-order valence-corrected chi connectivity index (χ2v) is 7.21. The number of esters is 1. The third-order valence-corrected chi connectivity index (χ3v) is 4.98. The van der Waals surface area contributed by atoms with Crippen molar-refractivity contribution in [3.63, 3.8) is 0 Å². The van der Waals surface area contributed by atoms with Gasteiger partial charge in [0, 0.05) is 0 Å². The first-order chi connectivity index (χ1) is 14.9. The molecule has 0 unspecified atom stereocenters. The van der Waals surface area contributed by atoms with E-state index < -0.39 is 24.4 Å². The summed E-state index contributed by atoms with van der Waals surface area (Å²) in [7, 11) is 1.58. The third-order valence-electron chi connectivity index (χ3n) is 4.15. The summed E-state index contributed by atoms with van der Waals surface area (Å²) in [6.45, 7) is 1.19. The first-order valence-electron chi connectivity index (χ1n) is 9.07. The molecule has 0 aliphatic carbocycles. The van der Waals surface area contributed by atoms with Crippen LogP contribution in [0.15, 0.2) is 46.2 Å². The van der Waals surface area contributed by atoms with Crippen molar-refractivity contribution < 1.29 is 33.0 Å². The molecule has 0 bridgehead atoms. The number of carbonyl (C=O) groups excluding carboxylic acids is 3. The number of rotatable bonds is 9. The summed E-state index contributed by atoms with van der Waals surface area (Å²) >= 11 is 1.14. The van der Waals surface area contributed by atoms with Crippen molar-refractivity contribution in [3.8, 4) is 11.5 Å². The fraction of sp³-hybridized carbons (Fsp3) is 0.190. The molecule has 10 heteroatoms. The molecule has 0 radical (unpaired) electrons. The van der Waals surface area contributed by atoms with Gasteiger partial charge in [-0.05, 0) is 48.7 Å². The van der Waals surface area contributed by atoms with Crippen molar-refractivity contribution in [2.24, 2.45) is 5.73 Å². The summed E-state index contributed by atoms with van der Waals surface area (Å²) in [6.07, 6.45) is 0. The lowest BCUT2D eigenvalue weighted by atomic mass is 10.2. The molecule has 0 spiro atoms. The highest BCUT2D eigenvalue weighted by molar-refractivity contribution is 7.14. The minimum Gasteiger partial charge on any atom is -0.497 e.